The molecule has 1 aromatic heterocycles. The van der Waals surface area contributed by atoms with E-state index in [0.29, 0.717) is 23.1 Å². The maximum atomic E-state index is 10.7. The normalized spacial score (nSPS) is 13.0. The van der Waals surface area contributed by atoms with Crippen LogP contribution in [0.5, 0.6) is 0 Å². The van der Waals surface area contributed by atoms with E-state index in [4.69, 9.17) is 16.7 Å². The molecule has 0 atom stereocenters. The summed E-state index contributed by atoms with van der Waals surface area (Å²) in [6, 6.07) is 0. The molecule has 0 unspecified atom stereocenters. The third-order valence-corrected chi connectivity index (χ3v) is 4.07. The number of hydrazine groups is 1. The molecule has 0 amide bonds. The van der Waals surface area contributed by atoms with Gasteiger partial charge in [-0.05, 0) is 0 Å². The SMILES string of the molecule is NN/C=N/c1nc(CSCC/C(N)=N/S(N)(=O)=O)cs1. The summed E-state index contributed by atoms with van der Waals surface area (Å²) in [6.07, 6.45) is 1.69. The summed E-state index contributed by atoms with van der Waals surface area (Å²) in [5.41, 5.74) is 8.60. The van der Waals surface area contributed by atoms with Crippen LogP contribution in [0.15, 0.2) is 14.8 Å². The zero-order valence-electron chi connectivity index (χ0n) is 10.4. The highest BCUT2D eigenvalue weighted by Gasteiger charge is 2.03. The van der Waals surface area contributed by atoms with E-state index >= 15 is 0 Å². The Morgan fingerprint density at radius 3 is 3.00 bits per heavy atom. The van der Waals surface area contributed by atoms with E-state index in [1.165, 1.54) is 17.7 Å². The summed E-state index contributed by atoms with van der Waals surface area (Å²) >= 11 is 2.95. The van der Waals surface area contributed by atoms with Crippen LogP contribution in [0, 0.1) is 0 Å². The maximum absolute atomic E-state index is 10.7. The van der Waals surface area contributed by atoms with Crippen molar-refractivity contribution in [1.82, 2.24) is 10.4 Å². The van der Waals surface area contributed by atoms with Gasteiger partial charge in [-0.25, -0.2) is 21.0 Å². The van der Waals surface area contributed by atoms with Gasteiger partial charge in [0.15, 0.2) is 0 Å². The fraction of sp³-hybridized carbons (Fsp3) is 0.375. The molecule has 0 bridgehead atoms. The highest BCUT2D eigenvalue weighted by Crippen LogP contribution is 2.21. The Labute approximate surface area is 124 Å². The minimum absolute atomic E-state index is 0.00223. The van der Waals surface area contributed by atoms with Crippen molar-refractivity contribution in [2.45, 2.75) is 12.2 Å². The van der Waals surface area contributed by atoms with Crippen molar-refractivity contribution < 1.29 is 8.42 Å². The van der Waals surface area contributed by atoms with Gasteiger partial charge < -0.3 is 11.2 Å². The monoisotopic (exact) mass is 337 g/mol. The number of hydrogen-bond acceptors (Lipinski definition) is 7. The van der Waals surface area contributed by atoms with Crippen LogP contribution in [-0.2, 0) is 16.0 Å². The Balaban J connectivity index is 2.33. The molecule has 0 aliphatic rings. The highest BCUT2D eigenvalue weighted by atomic mass is 32.2. The third-order valence-electron chi connectivity index (χ3n) is 1.79. The van der Waals surface area contributed by atoms with E-state index in [-0.39, 0.29) is 5.84 Å². The van der Waals surface area contributed by atoms with E-state index in [0.717, 1.165) is 5.69 Å². The minimum Gasteiger partial charge on any atom is -0.386 e. The number of aromatic nitrogens is 1. The van der Waals surface area contributed by atoms with Crippen molar-refractivity contribution in [2.24, 2.45) is 26.1 Å². The summed E-state index contributed by atoms with van der Waals surface area (Å²) in [4.78, 5) is 8.21. The summed E-state index contributed by atoms with van der Waals surface area (Å²) in [6.45, 7) is 0. The second-order valence-electron chi connectivity index (χ2n) is 3.45. The number of nitrogens with zero attached hydrogens (tertiary/aromatic N) is 3. The molecular formula is C8H15N7O2S3. The predicted molar refractivity (Wildman–Crippen MR) is 83.1 cm³/mol. The molecule has 7 N–H and O–H groups in total. The van der Waals surface area contributed by atoms with Gasteiger partial charge in [-0.3, -0.25) is 0 Å². The van der Waals surface area contributed by atoms with Crippen LogP contribution in [0.1, 0.15) is 12.1 Å². The lowest BCUT2D eigenvalue weighted by atomic mass is 10.5. The number of amidine groups is 1. The number of nitrogens with two attached hydrogens (primary N) is 3. The van der Waals surface area contributed by atoms with Gasteiger partial charge in [0, 0.05) is 23.3 Å². The number of thioether (sulfide) groups is 1. The minimum atomic E-state index is -3.91. The average Bonchev–Trinajstić information content (AvgIpc) is 2.78. The summed E-state index contributed by atoms with van der Waals surface area (Å²) in [5.74, 6) is 6.34. The molecule has 20 heavy (non-hydrogen) atoms. The summed E-state index contributed by atoms with van der Waals surface area (Å²) < 4.78 is 24.5. The first-order valence-corrected chi connectivity index (χ1v) is 8.82. The fourth-order valence-electron chi connectivity index (χ4n) is 1.08. The first-order chi connectivity index (χ1) is 9.40. The second kappa shape index (κ2) is 8.16. The maximum Gasteiger partial charge on any atom is 0.318 e. The van der Waals surface area contributed by atoms with E-state index in [2.05, 4.69) is 19.8 Å². The van der Waals surface area contributed by atoms with Crippen LogP contribution >= 0.6 is 23.1 Å². The molecule has 0 spiro atoms. The summed E-state index contributed by atoms with van der Waals surface area (Å²) in [5, 5.41) is 7.23. The van der Waals surface area contributed by atoms with Gasteiger partial charge >= 0.3 is 10.2 Å². The predicted octanol–water partition coefficient (Wildman–Crippen LogP) is -0.550. The number of aliphatic imine (C=N–C) groups is 1. The van der Waals surface area contributed by atoms with Crippen LogP contribution in [0.3, 0.4) is 0 Å². The number of thiazole rings is 1. The quantitative estimate of drug-likeness (QED) is 0.163. The van der Waals surface area contributed by atoms with Crippen LogP contribution < -0.4 is 22.1 Å². The molecular weight excluding hydrogens is 322 g/mol. The molecule has 0 aliphatic heterocycles. The van der Waals surface area contributed by atoms with Gasteiger partial charge in [-0.2, -0.15) is 20.2 Å². The largest absolute Gasteiger partial charge is 0.386 e. The van der Waals surface area contributed by atoms with Gasteiger partial charge in [-0.1, -0.05) is 0 Å². The lowest BCUT2D eigenvalue weighted by Gasteiger charge is -1.99. The van der Waals surface area contributed by atoms with Crippen molar-refractivity contribution in [3.8, 4) is 0 Å². The van der Waals surface area contributed by atoms with Crippen molar-refractivity contribution in [3.63, 3.8) is 0 Å². The Morgan fingerprint density at radius 1 is 1.60 bits per heavy atom. The molecule has 9 nitrogen and oxygen atoms in total. The van der Waals surface area contributed by atoms with Gasteiger partial charge in [0.2, 0.25) is 5.13 Å². The number of nitrogens with one attached hydrogen (secondary N) is 1. The molecule has 0 aliphatic carbocycles. The Kier molecular flexibility index (Phi) is 6.87. The highest BCUT2D eigenvalue weighted by molar-refractivity contribution is 7.98. The van der Waals surface area contributed by atoms with Crippen LogP contribution in [-0.4, -0.2) is 31.3 Å². The second-order valence-corrected chi connectivity index (χ2v) is 6.60. The molecule has 112 valence electrons. The van der Waals surface area contributed by atoms with Gasteiger partial charge in [0.05, 0.1) is 5.69 Å². The first-order valence-electron chi connectivity index (χ1n) is 5.28. The van der Waals surface area contributed by atoms with Crippen molar-refractivity contribution in [1.29, 1.82) is 0 Å². The molecule has 1 heterocycles. The molecule has 0 aromatic carbocycles. The standard InChI is InChI=1S/C8H15N7O2S3/c9-7(15-20(11,16)17)1-2-18-3-6-4-19-8(14-6)12-5-13-10/h4-5H,1-3,10H2,(H2,9,15)(H2,11,16,17)(H,12,13,14). The molecule has 1 aromatic rings. The van der Waals surface area contributed by atoms with Crippen molar-refractivity contribution in [2.75, 3.05) is 5.75 Å². The topological polar surface area (TPSA) is 162 Å². The molecule has 12 heteroatoms. The molecule has 0 saturated heterocycles. The van der Waals surface area contributed by atoms with Crippen LogP contribution in [0.25, 0.3) is 0 Å². The number of rotatable bonds is 8. The van der Waals surface area contributed by atoms with E-state index in [9.17, 15) is 8.42 Å². The average molecular weight is 337 g/mol. The third kappa shape index (κ3) is 7.40. The van der Waals surface area contributed by atoms with Crippen molar-refractivity contribution in [3.05, 3.63) is 11.1 Å². The lowest BCUT2D eigenvalue weighted by molar-refractivity contribution is 0.599. The zero-order chi connectivity index (χ0) is 15.0. The zero-order valence-corrected chi connectivity index (χ0v) is 12.8. The molecule has 0 fully saturated rings. The van der Waals surface area contributed by atoms with Crippen LogP contribution in [0.2, 0.25) is 0 Å². The Bertz CT molecular complexity index is 581. The summed E-state index contributed by atoms with van der Waals surface area (Å²) in [7, 11) is -3.91. The number of hydrogen-bond donors (Lipinski definition) is 4. The molecule has 1 rings (SSSR count). The smallest absolute Gasteiger partial charge is 0.318 e. The lowest BCUT2D eigenvalue weighted by Crippen LogP contribution is -2.19. The Hall–Kier alpha value is -1.21. The van der Waals surface area contributed by atoms with Crippen molar-refractivity contribution >= 4 is 50.6 Å². The van der Waals surface area contributed by atoms with E-state index in [1.54, 1.807) is 11.8 Å². The van der Waals surface area contributed by atoms with Crippen LogP contribution in [0.4, 0.5) is 5.13 Å². The van der Waals surface area contributed by atoms with E-state index < -0.39 is 10.2 Å². The Morgan fingerprint density at radius 2 is 2.35 bits per heavy atom. The van der Waals surface area contributed by atoms with Gasteiger partial charge in [0.25, 0.3) is 0 Å². The molecule has 0 saturated carbocycles. The van der Waals surface area contributed by atoms with E-state index in [1.807, 2.05) is 5.38 Å². The molecule has 0 radical (unpaired) electrons. The fourth-order valence-corrected chi connectivity index (χ4v) is 3.12. The van der Waals surface area contributed by atoms with Gasteiger partial charge in [-0.15, -0.1) is 15.7 Å². The first kappa shape index (κ1) is 16.8. The van der Waals surface area contributed by atoms with Gasteiger partial charge in [0.1, 0.15) is 12.2 Å².